The number of amides is 2. The molecule has 2 aliphatic rings. The highest BCUT2D eigenvalue weighted by molar-refractivity contribution is 7.91. The van der Waals surface area contributed by atoms with Crippen LogP contribution in [0.2, 0.25) is 0 Å². The Morgan fingerprint density at radius 1 is 1.16 bits per heavy atom. The fraction of sp³-hybridized carbons (Fsp3) is 0.364. The second-order valence-electron chi connectivity index (χ2n) is 7.70. The van der Waals surface area contributed by atoms with E-state index < -0.39 is 27.7 Å². The molecule has 8 nitrogen and oxygen atoms in total. The Hall–Kier alpha value is -3.14. The predicted octanol–water partition coefficient (Wildman–Crippen LogP) is 2.40. The maximum Gasteiger partial charge on any atom is 0.337 e. The number of hydrogen-bond acceptors (Lipinski definition) is 6. The van der Waals surface area contributed by atoms with E-state index in [9.17, 15) is 22.4 Å². The van der Waals surface area contributed by atoms with E-state index in [0.717, 1.165) is 17.4 Å². The van der Waals surface area contributed by atoms with Gasteiger partial charge < -0.3 is 14.4 Å². The average molecular weight is 462 g/mol. The van der Waals surface area contributed by atoms with E-state index in [4.69, 9.17) is 4.74 Å². The summed E-state index contributed by atoms with van der Waals surface area (Å²) in [6.07, 6.45) is 0.704. The van der Waals surface area contributed by atoms with Gasteiger partial charge in [0.25, 0.3) is 0 Å². The van der Waals surface area contributed by atoms with Crippen molar-refractivity contribution < 1.29 is 31.9 Å². The van der Waals surface area contributed by atoms with Crippen LogP contribution in [0.3, 0.4) is 0 Å². The Morgan fingerprint density at radius 2 is 1.91 bits per heavy atom. The first-order chi connectivity index (χ1) is 15.3. The number of ether oxygens (including phenoxy) is 2. The topological polar surface area (TPSA) is 93.2 Å². The van der Waals surface area contributed by atoms with Gasteiger partial charge in [0.15, 0.2) is 9.84 Å². The van der Waals surface area contributed by atoms with Crippen molar-refractivity contribution in [3.63, 3.8) is 0 Å². The van der Waals surface area contributed by atoms with Gasteiger partial charge in [0.05, 0.1) is 37.3 Å². The molecule has 0 aromatic heterocycles. The molecule has 4 rings (SSSR count). The van der Waals surface area contributed by atoms with E-state index in [0.29, 0.717) is 18.7 Å². The Labute approximate surface area is 185 Å². The zero-order valence-electron chi connectivity index (χ0n) is 17.5. The first-order valence-corrected chi connectivity index (χ1v) is 12.0. The van der Waals surface area contributed by atoms with Gasteiger partial charge in [-0.15, -0.1) is 0 Å². The number of fused-ring (bicyclic) bond motifs is 1. The quantitative estimate of drug-likeness (QED) is 0.648. The lowest BCUT2D eigenvalue weighted by Gasteiger charge is -2.33. The highest BCUT2D eigenvalue weighted by Crippen LogP contribution is 2.31. The second-order valence-corrected chi connectivity index (χ2v) is 10.00. The van der Waals surface area contributed by atoms with Gasteiger partial charge in [-0.1, -0.05) is 6.07 Å². The van der Waals surface area contributed by atoms with Crippen molar-refractivity contribution in [3.8, 4) is 5.75 Å². The van der Waals surface area contributed by atoms with Crippen LogP contribution in [0.1, 0.15) is 21.5 Å². The standard InChI is InChI=1S/C22H23FN2O6S/c1-30-21(26)16-2-3-17(19(23)13-16)14-25(18-4-5-20-15(12-18)6-9-31-20)22(27)24-7-10-32(28,29)11-8-24/h2-5,12-13H,6-11,14H2,1H3. The lowest BCUT2D eigenvalue weighted by Crippen LogP contribution is -2.49. The van der Waals surface area contributed by atoms with Gasteiger partial charge in [-0.3, -0.25) is 4.90 Å². The minimum absolute atomic E-state index is 0.0718. The summed E-state index contributed by atoms with van der Waals surface area (Å²) in [5.41, 5.74) is 1.79. The number of hydrogen-bond donors (Lipinski definition) is 0. The van der Waals surface area contributed by atoms with Crippen molar-refractivity contribution in [1.82, 2.24) is 4.90 Å². The Kier molecular flexibility index (Phi) is 6.05. The SMILES string of the molecule is COC(=O)c1ccc(CN(C(=O)N2CCS(=O)(=O)CC2)c2ccc3c(c2)CCO3)c(F)c1. The van der Waals surface area contributed by atoms with Crippen LogP contribution in [0.25, 0.3) is 0 Å². The minimum atomic E-state index is -3.16. The summed E-state index contributed by atoms with van der Waals surface area (Å²) in [4.78, 5) is 27.9. The number of rotatable bonds is 4. The number of carbonyl (C=O) groups excluding carboxylic acids is 2. The highest BCUT2D eigenvalue weighted by Gasteiger charge is 2.30. The number of esters is 1. The maximum atomic E-state index is 14.8. The van der Waals surface area contributed by atoms with E-state index >= 15 is 0 Å². The van der Waals surface area contributed by atoms with Crippen LogP contribution in [-0.4, -0.2) is 63.6 Å². The van der Waals surface area contributed by atoms with E-state index in [1.165, 1.54) is 29.0 Å². The summed E-state index contributed by atoms with van der Waals surface area (Å²) < 4.78 is 48.5. The minimum Gasteiger partial charge on any atom is -0.493 e. The number of urea groups is 1. The molecule has 1 saturated heterocycles. The summed E-state index contributed by atoms with van der Waals surface area (Å²) >= 11 is 0. The monoisotopic (exact) mass is 462 g/mol. The zero-order valence-corrected chi connectivity index (χ0v) is 18.4. The van der Waals surface area contributed by atoms with Gasteiger partial charge in [0.1, 0.15) is 11.6 Å². The van der Waals surface area contributed by atoms with Crippen LogP contribution in [0.4, 0.5) is 14.9 Å². The zero-order chi connectivity index (χ0) is 22.9. The number of benzene rings is 2. The third kappa shape index (κ3) is 4.55. The molecule has 0 radical (unpaired) electrons. The molecule has 32 heavy (non-hydrogen) atoms. The van der Waals surface area contributed by atoms with Crippen LogP contribution >= 0.6 is 0 Å². The molecule has 1 fully saturated rings. The normalized spacial score (nSPS) is 16.8. The lowest BCUT2D eigenvalue weighted by atomic mass is 10.1. The summed E-state index contributed by atoms with van der Waals surface area (Å²) in [5, 5.41) is 0. The van der Waals surface area contributed by atoms with E-state index in [-0.39, 0.29) is 42.3 Å². The molecular formula is C22H23FN2O6S. The van der Waals surface area contributed by atoms with E-state index in [1.54, 1.807) is 12.1 Å². The fourth-order valence-corrected chi connectivity index (χ4v) is 4.98. The molecule has 170 valence electrons. The van der Waals surface area contributed by atoms with Crippen molar-refractivity contribution in [2.24, 2.45) is 0 Å². The number of nitrogens with zero attached hydrogens (tertiary/aromatic N) is 2. The van der Waals surface area contributed by atoms with Crippen LogP contribution in [-0.2, 0) is 27.5 Å². The van der Waals surface area contributed by atoms with E-state index in [2.05, 4.69) is 4.74 Å². The maximum absolute atomic E-state index is 14.8. The van der Waals surface area contributed by atoms with Crippen LogP contribution in [0, 0.1) is 5.82 Å². The molecule has 0 bridgehead atoms. The first kappa shape index (κ1) is 22.1. The van der Waals surface area contributed by atoms with Crippen LogP contribution in [0.15, 0.2) is 36.4 Å². The van der Waals surface area contributed by atoms with Crippen molar-refractivity contribution in [2.45, 2.75) is 13.0 Å². The van der Waals surface area contributed by atoms with Crippen LogP contribution in [0.5, 0.6) is 5.75 Å². The number of carbonyl (C=O) groups is 2. The molecular weight excluding hydrogens is 439 g/mol. The number of methoxy groups -OCH3 is 1. The average Bonchev–Trinajstić information content (AvgIpc) is 3.25. The third-order valence-electron chi connectivity index (χ3n) is 5.63. The molecule has 0 N–H and O–H groups in total. The summed E-state index contributed by atoms with van der Waals surface area (Å²) in [5.74, 6) is -0.758. The molecule has 10 heteroatoms. The number of sulfone groups is 1. The Bertz CT molecular complexity index is 1150. The second kappa shape index (κ2) is 8.78. The highest BCUT2D eigenvalue weighted by atomic mass is 32.2. The van der Waals surface area contributed by atoms with Crippen molar-refractivity contribution in [3.05, 3.63) is 58.9 Å². The molecule has 0 spiro atoms. The van der Waals surface area contributed by atoms with Crippen molar-refractivity contribution >= 4 is 27.5 Å². The fourth-order valence-electron chi connectivity index (χ4n) is 3.78. The third-order valence-corrected chi connectivity index (χ3v) is 7.24. The van der Waals surface area contributed by atoms with Gasteiger partial charge in [0.2, 0.25) is 0 Å². The molecule has 0 aliphatic carbocycles. The molecule has 2 amide bonds. The molecule has 2 heterocycles. The van der Waals surface area contributed by atoms with Crippen LogP contribution < -0.4 is 9.64 Å². The van der Waals surface area contributed by atoms with E-state index in [1.807, 2.05) is 6.07 Å². The van der Waals surface area contributed by atoms with Gasteiger partial charge in [-0.2, -0.15) is 0 Å². The Morgan fingerprint density at radius 3 is 2.59 bits per heavy atom. The lowest BCUT2D eigenvalue weighted by molar-refractivity contribution is 0.0600. The van der Waals surface area contributed by atoms with Gasteiger partial charge in [0, 0.05) is 30.8 Å². The largest absolute Gasteiger partial charge is 0.493 e. The van der Waals surface area contributed by atoms with Crippen molar-refractivity contribution in [1.29, 1.82) is 0 Å². The number of anilines is 1. The van der Waals surface area contributed by atoms with Crippen molar-refractivity contribution in [2.75, 3.05) is 43.2 Å². The summed E-state index contributed by atoms with van der Waals surface area (Å²) in [7, 11) is -1.95. The first-order valence-electron chi connectivity index (χ1n) is 10.2. The smallest absolute Gasteiger partial charge is 0.337 e. The van der Waals surface area contributed by atoms with Gasteiger partial charge in [-0.25, -0.2) is 22.4 Å². The molecule has 0 unspecified atom stereocenters. The summed E-state index contributed by atoms with van der Waals surface area (Å²) in [6.45, 7) is 0.625. The van der Waals surface area contributed by atoms with Gasteiger partial charge in [-0.05, 0) is 35.9 Å². The predicted molar refractivity (Wildman–Crippen MR) is 115 cm³/mol. The van der Waals surface area contributed by atoms with Gasteiger partial charge >= 0.3 is 12.0 Å². The summed E-state index contributed by atoms with van der Waals surface area (Å²) in [6, 6.07) is 8.89. The molecule has 0 saturated carbocycles. The Balaban J connectivity index is 1.65. The number of halogens is 1. The molecule has 0 atom stereocenters. The molecule has 2 aliphatic heterocycles. The molecule has 2 aromatic carbocycles. The molecule has 2 aromatic rings.